The van der Waals surface area contributed by atoms with E-state index in [0.29, 0.717) is 0 Å². The van der Waals surface area contributed by atoms with Crippen molar-refractivity contribution in [1.82, 2.24) is 9.88 Å². The summed E-state index contributed by atoms with van der Waals surface area (Å²) in [5, 5.41) is 4.62. The largest absolute Gasteiger partial charge is 0.497 e. The van der Waals surface area contributed by atoms with Crippen LogP contribution in [0.5, 0.6) is 5.75 Å². The summed E-state index contributed by atoms with van der Waals surface area (Å²) in [4.78, 5) is 9.60. The molecular formula is C23H28N4O. The topological polar surface area (TPSA) is 40.6 Å². The van der Waals surface area contributed by atoms with Crippen molar-refractivity contribution in [1.29, 1.82) is 0 Å². The first-order valence-electron chi connectivity index (χ1n) is 9.96. The zero-order valence-corrected chi connectivity index (χ0v) is 16.9. The van der Waals surface area contributed by atoms with Gasteiger partial charge in [0.2, 0.25) is 0 Å². The Kier molecular flexibility index (Phi) is 5.35. The van der Waals surface area contributed by atoms with Crippen LogP contribution in [0.15, 0.2) is 48.5 Å². The van der Waals surface area contributed by atoms with Crippen molar-refractivity contribution >= 4 is 28.0 Å². The van der Waals surface area contributed by atoms with E-state index in [1.54, 1.807) is 7.11 Å². The van der Waals surface area contributed by atoms with Gasteiger partial charge in [-0.05, 0) is 62.0 Å². The number of aryl methyl sites for hydroxylation is 1. The monoisotopic (exact) mass is 376 g/mol. The third-order valence-electron chi connectivity index (χ3n) is 5.47. The Balaban J connectivity index is 1.55. The summed E-state index contributed by atoms with van der Waals surface area (Å²) in [6, 6.07) is 16.8. The lowest BCUT2D eigenvalue weighted by molar-refractivity contribution is 0.271. The Hall–Kier alpha value is -2.79. The maximum atomic E-state index is 5.39. The van der Waals surface area contributed by atoms with Crippen molar-refractivity contribution in [2.75, 3.05) is 50.1 Å². The Morgan fingerprint density at radius 2 is 1.75 bits per heavy atom. The number of pyridine rings is 1. The van der Waals surface area contributed by atoms with E-state index in [9.17, 15) is 0 Å². The Morgan fingerprint density at radius 3 is 2.43 bits per heavy atom. The van der Waals surface area contributed by atoms with Crippen molar-refractivity contribution in [2.24, 2.45) is 0 Å². The van der Waals surface area contributed by atoms with Crippen LogP contribution in [0.2, 0.25) is 0 Å². The van der Waals surface area contributed by atoms with E-state index in [-0.39, 0.29) is 0 Å². The highest BCUT2D eigenvalue weighted by atomic mass is 16.5. The van der Waals surface area contributed by atoms with Crippen LogP contribution in [0.4, 0.5) is 17.1 Å². The van der Waals surface area contributed by atoms with Crippen molar-refractivity contribution in [3.63, 3.8) is 0 Å². The maximum absolute atomic E-state index is 5.39. The molecule has 0 bridgehead atoms. The van der Waals surface area contributed by atoms with E-state index in [1.807, 2.05) is 25.1 Å². The number of nitrogens with zero attached hydrogens (tertiary/aromatic N) is 3. The first-order valence-corrected chi connectivity index (χ1v) is 9.96. The minimum absolute atomic E-state index is 0.836. The van der Waals surface area contributed by atoms with Crippen LogP contribution in [0.1, 0.15) is 12.6 Å². The summed E-state index contributed by atoms with van der Waals surface area (Å²) in [7, 11) is 1.69. The third kappa shape index (κ3) is 3.90. The van der Waals surface area contributed by atoms with Crippen LogP contribution in [-0.2, 0) is 0 Å². The fourth-order valence-corrected chi connectivity index (χ4v) is 3.80. The van der Waals surface area contributed by atoms with Crippen LogP contribution in [0.25, 0.3) is 10.9 Å². The zero-order chi connectivity index (χ0) is 19.5. The molecule has 1 fully saturated rings. The van der Waals surface area contributed by atoms with E-state index in [0.717, 1.165) is 66.4 Å². The molecule has 0 aliphatic carbocycles. The molecular weight excluding hydrogens is 348 g/mol. The second-order valence-electron chi connectivity index (χ2n) is 7.29. The van der Waals surface area contributed by atoms with Gasteiger partial charge in [-0.3, -0.25) is 4.98 Å². The van der Waals surface area contributed by atoms with Gasteiger partial charge < -0.3 is 19.9 Å². The molecule has 1 aromatic heterocycles. The SMILES string of the molecule is CCN1CCN(c2ccc(Nc3cc(C)nc4ccc(OC)cc34)cc2)CC1. The number of likely N-dealkylation sites (N-methyl/N-ethyl adjacent to an activating group) is 1. The molecule has 1 aliphatic heterocycles. The number of methoxy groups -OCH3 is 1. The molecule has 28 heavy (non-hydrogen) atoms. The molecule has 5 heteroatoms. The number of hydrogen-bond donors (Lipinski definition) is 1. The van der Waals surface area contributed by atoms with Gasteiger partial charge in [-0.15, -0.1) is 0 Å². The average molecular weight is 377 g/mol. The van der Waals surface area contributed by atoms with Gasteiger partial charge >= 0.3 is 0 Å². The molecule has 3 aromatic rings. The Morgan fingerprint density at radius 1 is 1.00 bits per heavy atom. The second-order valence-corrected chi connectivity index (χ2v) is 7.29. The number of benzene rings is 2. The highest BCUT2D eigenvalue weighted by Crippen LogP contribution is 2.30. The molecule has 146 valence electrons. The number of ether oxygens (including phenoxy) is 1. The predicted octanol–water partition coefficient (Wildman–Crippen LogP) is 4.44. The predicted molar refractivity (Wildman–Crippen MR) is 117 cm³/mol. The van der Waals surface area contributed by atoms with E-state index < -0.39 is 0 Å². The van der Waals surface area contributed by atoms with Gasteiger partial charge in [-0.25, -0.2) is 0 Å². The van der Waals surface area contributed by atoms with Gasteiger partial charge in [0, 0.05) is 54.3 Å². The summed E-state index contributed by atoms with van der Waals surface area (Å²) in [5.74, 6) is 0.836. The summed E-state index contributed by atoms with van der Waals surface area (Å²) >= 11 is 0. The first kappa shape index (κ1) is 18.6. The van der Waals surface area contributed by atoms with E-state index in [2.05, 4.69) is 57.4 Å². The zero-order valence-electron chi connectivity index (χ0n) is 16.9. The van der Waals surface area contributed by atoms with Crippen LogP contribution < -0.4 is 15.0 Å². The van der Waals surface area contributed by atoms with Gasteiger partial charge in [0.05, 0.1) is 12.6 Å². The summed E-state index contributed by atoms with van der Waals surface area (Å²) < 4.78 is 5.39. The highest BCUT2D eigenvalue weighted by Gasteiger charge is 2.15. The van der Waals surface area contributed by atoms with Crippen LogP contribution in [0, 0.1) is 6.92 Å². The smallest absolute Gasteiger partial charge is 0.119 e. The quantitative estimate of drug-likeness (QED) is 0.713. The molecule has 0 spiro atoms. The Labute approximate surface area is 166 Å². The fraction of sp³-hybridized carbons (Fsp3) is 0.348. The second kappa shape index (κ2) is 8.07. The number of piperazine rings is 1. The van der Waals surface area contributed by atoms with Crippen LogP contribution in [0.3, 0.4) is 0 Å². The van der Waals surface area contributed by atoms with Crippen molar-refractivity contribution in [3.05, 3.63) is 54.2 Å². The molecule has 1 N–H and O–H groups in total. The summed E-state index contributed by atoms with van der Waals surface area (Å²) in [5.41, 5.74) is 5.37. The standard InChI is InChI=1S/C23H28N4O/c1-4-26-11-13-27(14-12-26)19-7-5-18(6-8-19)25-23-15-17(2)24-22-10-9-20(28-3)16-21(22)23/h5-10,15-16H,4,11-14H2,1-3H3,(H,24,25). The lowest BCUT2D eigenvalue weighted by Gasteiger charge is -2.35. The van der Waals surface area contributed by atoms with Gasteiger partial charge in [-0.1, -0.05) is 6.92 Å². The van der Waals surface area contributed by atoms with Crippen LogP contribution >= 0.6 is 0 Å². The van der Waals surface area contributed by atoms with E-state index in [1.165, 1.54) is 5.69 Å². The van der Waals surface area contributed by atoms with Gasteiger partial charge in [0.25, 0.3) is 0 Å². The fourth-order valence-electron chi connectivity index (χ4n) is 3.80. The number of anilines is 3. The maximum Gasteiger partial charge on any atom is 0.119 e. The molecule has 0 atom stereocenters. The van der Waals surface area contributed by atoms with Crippen molar-refractivity contribution < 1.29 is 4.74 Å². The molecule has 0 amide bonds. The van der Waals surface area contributed by atoms with E-state index >= 15 is 0 Å². The molecule has 2 aromatic carbocycles. The number of fused-ring (bicyclic) bond motifs is 1. The van der Waals surface area contributed by atoms with Crippen molar-refractivity contribution in [3.8, 4) is 5.75 Å². The molecule has 4 rings (SSSR count). The van der Waals surface area contributed by atoms with Crippen molar-refractivity contribution in [2.45, 2.75) is 13.8 Å². The lowest BCUT2D eigenvalue weighted by atomic mass is 10.1. The van der Waals surface area contributed by atoms with Gasteiger partial charge in [-0.2, -0.15) is 0 Å². The molecule has 2 heterocycles. The van der Waals surface area contributed by atoms with E-state index in [4.69, 9.17) is 4.74 Å². The molecule has 1 aliphatic rings. The minimum Gasteiger partial charge on any atom is -0.497 e. The van der Waals surface area contributed by atoms with Crippen LogP contribution in [-0.4, -0.2) is 49.7 Å². The molecule has 0 unspecified atom stereocenters. The number of aromatic nitrogens is 1. The molecule has 0 saturated carbocycles. The van der Waals surface area contributed by atoms with Gasteiger partial charge in [0.1, 0.15) is 5.75 Å². The number of hydrogen-bond acceptors (Lipinski definition) is 5. The summed E-state index contributed by atoms with van der Waals surface area (Å²) in [6.07, 6.45) is 0. The lowest BCUT2D eigenvalue weighted by Crippen LogP contribution is -2.46. The highest BCUT2D eigenvalue weighted by molar-refractivity contribution is 5.94. The average Bonchev–Trinajstić information content (AvgIpc) is 2.74. The Bertz CT molecular complexity index is 947. The summed E-state index contributed by atoms with van der Waals surface area (Å²) in [6.45, 7) is 9.86. The number of rotatable bonds is 5. The third-order valence-corrected chi connectivity index (χ3v) is 5.47. The number of nitrogens with one attached hydrogen (secondary N) is 1. The molecule has 1 saturated heterocycles. The normalized spacial score (nSPS) is 15.0. The molecule has 0 radical (unpaired) electrons. The molecule has 5 nitrogen and oxygen atoms in total. The van der Waals surface area contributed by atoms with Gasteiger partial charge in [0.15, 0.2) is 0 Å². The first-order chi connectivity index (χ1) is 13.7. The minimum atomic E-state index is 0.836.